The van der Waals surface area contributed by atoms with Crippen LogP contribution in [0.25, 0.3) is 0 Å². The number of amides is 3. The highest BCUT2D eigenvalue weighted by atomic mass is 35.5. The number of nitrogens with zero attached hydrogens (tertiary/aromatic N) is 1. The molecule has 2 aromatic rings. The summed E-state index contributed by atoms with van der Waals surface area (Å²) in [6, 6.07) is 10.5. The van der Waals surface area contributed by atoms with Gasteiger partial charge in [0.05, 0.1) is 28.3 Å². The Labute approximate surface area is 214 Å². The first-order valence-electron chi connectivity index (χ1n) is 11.1. The van der Waals surface area contributed by atoms with Gasteiger partial charge in [-0.25, -0.2) is 9.59 Å². The van der Waals surface area contributed by atoms with Crippen LogP contribution in [0.5, 0.6) is 0 Å². The van der Waals surface area contributed by atoms with Crippen LogP contribution in [0.15, 0.2) is 53.7 Å². The molecule has 1 aliphatic heterocycles. The van der Waals surface area contributed by atoms with Crippen LogP contribution in [0.3, 0.4) is 0 Å². The van der Waals surface area contributed by atoms with Gasteiger partial charge in [-0.3, -0.25) is 9.69 Å². The van der Waals surface area contributed by atoms with Crippen LogP contribution in [-0.4, -0.2) is 49.7 Å². The van der Waals surface area contributed by atoms with Crippen LogP contribution in [-0.2, 0) is 14.3 Å². The Morgan fingerprint density at radius 1 is 1.09 bits per heavy atom. The average molecular weight is 520 g/mol. The highest BCUT2D eigenvalue weighted by Gasteiger charge is 2.36. The van der Waals surface area contributed by atoms with E-state index in [0.29, 0.717) is 39.7 Å². The number of carbonyl (C=O) groups is 3. The molecule has 0 aliphatic carbocycles. The van der Waals surface area contributed by atoms with Crippen molar-refractivity contribution in [1.29, 1.82) is 0 Å². The van der Waals surface area contributed by atoms with Crippen LogP contribution in [0, 0.1) is 0 Å². The second kappa shape index (κ2) is 12.1. The molecule has 0 radical (unpaired) electrons. The van der Waals surface area contributed by atoms with Crippen LogP contribution >= 0.6 is 23.2 Å². The Bertz CT molecular complexity index is 1130. The minimum atomic E-state index is -0.703. The van der Waals surface area contributed by atoms with Gasteiger partial charge in [-0.05, 0) is 49.2 Å². The maximum atomic E-state index is 13.0. The molecule has 0 bridgehead atoms. The highest BCUT2D eigenvalue weighted by molar-refractivity contribution is 6.42. The van der Waals surface area contributed by atoms with Gasteiger partial charge in [0.25, 0.3) is 5.91 Å². The van der Waals surface area contributed by atoms with Crippen molar-refractivity contribution < 1.29 is 23.9 Å². The summed E-state index contributed by atoms with van der Waals surface area (Å²) in [6.45, 7) is 4.52. The van der Waals surface area contributed by atoms with Crippen molar-refractivity contribution in [3.05, 3.63) is 74.9 Å². The summed E-state index contributed by atoms with van der Waals surface area (Å²) in [5, 5.41) is 6.34. The van der Waals surface area contributed by atoms with E-state index in [1.54, 1.807) is 43.3 Å². The minimum Gasteiger partial charge on any atom is -0.460 e. The zero-order valence-corrected chi connectivity index (χ0v) is 21.2. The molecule has 0 saturated heterocycles. The van der Waals surface area contributed by atoms with Crippen molar-refractivity contribution in [3.8, 4) is 0 Å². The van der Waals surface area contributed by atoms with E-state index < -0.39 is 12.0 Å². The summed E-state index contributed by atoms with van der Waals surface area (Å²) < 4.78 is 10.3. The van der Waals surface area contributed by atoms with Crippen LogP contribution in [0.1, 0.15) is 42.2 Å². The van der Waals surface area contributed by atoms with E-state index in [1.165, 1.54) is 18.1 Å². The van der Waals surface area contributed by atoms with Gasteiger partial charge >= 0.3 is 12.0 Å². The third-order valence-electron chi connectivity index (χ3n) is 5.47. The molecular formula is C25H27Cl2N3O5. The number of esters is 1. The highest BCUT2D eigenvalue weighted by Crippen LogP contribution is 2.32. The average Bonchev–Trinajstić information content (AvgIpc) is 2.83. The maximum absolute atomic E-state index is 13.0. The van der Waals surface area contributed by atoms with Crippen molar-refractivity contribution in [1.82, 2.24) is 10.2 Å². The number of ether oxygens (including phenoxy) is 2. The maximum Gasteiger partial charge on any atom is 0.338 e. The standard InChI is InChI=1S/C25H27Cl2N3O5/c1-4-11-30-15(2)21(24(32)35-13-12-34-3)22(29-25(30)33)16-5-8-18(9-6-16)28-23(31)17-7-10-19(26)20(27)14-17/h5-10,14,22H,4,11-13H2,1-3H3,(H,28,31)(H,29,33). The second-order valence-corrected chi connectivity index (χ2v) is 8.68. The number of urea groups is 1. The van der Waals surface area contributed by atoms with E-state index in [-0.39, 0.29) is 30.2 Å². The van der Waals surface area contributed by atoms with E-state index in [0.717, 1.165) is 6.42 Å². The molecule has 3 rings (SSSR count). The fraction of sp³-hybridized carbons (Fsp3) is 0.320. The fourth-order valence-corrected chi connectivity index (χ4v) is 3.98. The van der Waals surface area contributed by atoms with Crippen LogP contribution in [0.2, 0.25) is 10.0 Å². The number of rotatable bonds is 9. The summed E-state index contributed by atoms with van der Waals surface area (Å²) in [5.74, 6) is -0.877. The van der Waals surface area contributed by atoms with Gasteiger partial charge in [0.2, 0.25) is 0 Å². The van der Waals surface area contributed by atoms with E-state index in [4.69, 9.17) is 32.7 Å². The summed E-state index contributed by atoms with van der Waals surface area (Å²) in [5.41, 5.74) is 2.45. The molecular weight excluding hydrogens is 493 g/mol. The molecule has 0 aromatic heterocycles. The largest absolute Gasteiger partial charge is 0.460 e. The van der Waals surface area contributed by atoms with Crippen molar-refractivity contribution in [2.45, 2.75) is 26.3 Å². The molecule has 10 heteroatoms. The third kappa shape index (κ3) is 6.33. The second-order valence-electron chi connectivity index (χ2n) is 7.87. The van der Waals surface area contributed by atoms with Crippen molar-refractivity contribution in [3.63, 3.8) is 0 Å². The summed E-state index contributed by atoms with van der Waals surface area (Å²) in [6.07, 6.45) is 0.731. The fourth-order valence-electron chi connectivity index (χ4n) is 3.68. The summed E-state index contributed by atoms with van der Waals surface area (Å²) >= 11 is 11.9. The number of hydrogen-bond donors (Lipinski definition) is 2. The Kier molecular flexibility index (Phi) is 9.14. The van der Waals surface area contributed by atoms with Gasteiger partial charge in [-0.2, -0.15) is 0 Å². The molecule has 0 saturated carbocycles. The number of hydrogen-bond acceptors (Lipinski definition) is 5. The Morgan fingerprint density at radius 2 is 1.80 bits per heavy atom. The van der Waals surface area contributed by atoms with E-state index >= 15 is 0 Å². The van der Waals surface area contributed by atoms with Gasteiger partial charge in [-0.15, -0.1) is 0 Å². The first-order valence-corrected chi connectivity index (χ1v) is 11.8. The lowest BCUT2D eigenvalue weighted by atomic mass is 9.94. The summed E-state index contributed by atoms with van der Waals surface area (Å²) in [7, 11) is 1.52. The van der Waals surface area contributed by atoms with E-state index in [9.17, 15) is 14.4 Å². The molecule has 0 fully saturated rings. The molecule has 2 aromatic carbocycles. The van der Waals surface area contributed by atoms with Crippen LogP contribution in [0.4, 0.5) is 10.5 Å². The molecule has 1 heterocycles. The molecule has 35 heavy (non-hydrogen) atoms. The number of allylic oxidation sites excluding steroid dienone is 1. The zero-order valence-electron chi connectivity index (χ0n) is 19.7. The molecule has 1 atom stereocenters. The van der Waals surface area contributed by atoms with Gasteiger partial charge < -0.3 is 20.1 Å². The first-order chi connectivity index (χ1) is 16.8. The Balaban J connectivity index is 1.84. The lowest BCUT2D eigenvalue weighted by molar-refractivity contribution is -0.140. The first kappa shape index (κ1) is 26.5. The number of carbonyl (C=O) groups excluding carboxylic acids is 3. The lowest BCUT2D eigenvalue weighted by Crippen LogP contribution is -2.48. The predicted octanol–water partition coefficient (Wildman–Crippen LogP) is 5.19. The minimum absolute atomic E-state index is 0.0975. The quantitative estimate of drug-likeness (QED) is 0.351. The number of nitrogens with one attached hydrogen (secondary N) is 2. The van der Waals surface area contributed by atoms with Gasteiger partial charge in [0, 0.05) is 30.6 Å². The SMILES string of the molecule is CCCN1C(=O)NC(c2ccc(NC(=O)c3ccc(Cl)c(Cl)c3)cc2)C(C(=O)OCCOC)=C1C. The van der Waals surface area contributed by atoms with E-state index in [1.807, 2.05) is 6.92 Å². The van der Waals surface area contributed by atoms with Crippen molar-refractivity contribution in [2.24, 2.45) is 0 Å². The van der Waals surface area contributed by atoms with Gasteiger partial charge in [0.1, 0.15) is 6.61 Å². The Morgan fingerprint density at radius 3 is 2.43 bits per heavy atom. The smallest absolute Gasteiger partial charge is 0.338 e. The van der Waals surface area contributed by atoms with Crippen LogP contribution < -0.4 is 10.6 Å². The predicted molar refractivity (Wildman–Crippen MR) is 135 cm³/mol. The molecule has 0 spiro atoms. The number of methoxy groups -OCH3 is 1. The third-order valence-corrected chi connectivity index (χ3v) is 6.21. The zero-order chi connectivity index (χ0) is 25.5. The molecule has 1 aliphatic rings. The molecule has 186 valence electrons. The Hall–Kier alpha value is -3.07. The number of anilines is 1. The number of benzene rings is 2. The monoisotopic (exact) mass is 519 g/mol. The molecule has 8 nitrogen and oxygen atoms in total. The topological polar surface area (TPSA) is 97.0 Å². The normalized spacial score (nSPS) is 15.6. The molecule has 2 N–H and O–H groups in total. The van der Waals surface area contributed by atoms with Gasteiger partial charge in [-0.1, -0.05) is 42.3 Å². The summed E-state index contributed by atoms with van der Waals surface area (Å²) in [4.78, 5) is 39.8. The van der Waals surface area contributed by atoms with Gasteiger partial charge in [0.15, 0.2) is 0 Å². The van der Waals surface area contributed by atoms with E-state index in [2.05, 4.69) is 10.6 Å². The van der Waals surface area contributed by atoms with Crippen molar-refractivity contribution >= 4 is 46.8 Å². The molecule has 3 amide bonds. The number of halogens is 2. The van der Waals surface area contributed by atoms with Crippen molar-refractivity contribution in [2.75, 3.05) is 32.2 Å². The lowest BCUT2D eigenvalue weighted by Gasteiger charge is -2.35. The molecule has 1 unspecified atom stereocenters.